The Hall–Kier alpha value is -2.04. The molecule has 0 aliphatic heterocycles. The third-order valence-electron chi connectivity index (χ3n) is 4.36. The number of carbonyl (C=O) groups excluding carboxylic acids is 1. The molecule has 1 saturated carbocycles. The fourth-order valence-corrected chi connectivity index (χ4v) is 2.69. The van der Waals surface area contributed by atoms with Gasteiger partial charge >= 0.3 is 12.0 Å². The van der Waals surface area contributed by atoms with Gasteiger partial charge in [-0.05, 0) is 30.4 Å². The van der Waals surface area contributed by atoms with Crippen molar-refractivity contribution in [1.29, 1.82) is 0 Å². The number of aliphatic carboxylic acids is 1. The molecule has 0 bridgehead atoms. The number of hydrogen-bond donors (Lipinski definition) is 3. The van der Waals surface area contributed by atoms with Crippen molar-refractivity contribution in [3.8, 4) is 0 Å². The SMILES string of the molecule is O=C(NCC1Cc2ccccc21)NCC1(C(=O)O)CC1. The van der Waals surface area contributed by atoms with Crippen molar-refractivity contribution in [2.24, 2.45) is 5.41 Å². The lowest BCUT2D eigenvalue weighted by molar-refractivity contribution is -0.143. The molecule has 2 amide bonds. The summed E-state index contributed by atoms with van der Waals surface area (Å²) in [5, 5.41) is 14.5. The Kier molecular flexibility index (Phi) is 3.12. The monoisotopic (exact) mass is 274 g/mol. The third kappa shape index (κ3) is 2.35. The van der Waals surface area contributed by atoms with Crippen LogP contribution in [0.25, 0.3) is 0 Å². The van der Waals surface area contributed by atoms with Gasteiger partial charge in [-0.25, -0.2) is 4.79 Å². The molecule has 3 rings (SSSR count). The van der Waals surface area contributed by atoms with Gasteiger partial charge in [-0.15, -0.1) is 0 Å². The molecule has 0 heterocycles. The molecule has 5 nitrogen and oxygen atoms in total. The van der Waals surface area contributed by atoms with Gasteiger partial charge in [-0.2, -0.15) is 0 Å². The smallest absolute Gasteiger partial charge is 0.314 e. The summed E-state index contributed by atoms with van der Waals surface area (Å²) in [6.07, 6.45) is 2.30. The highest BCUT2D eigenvalue weighted by Gasteiger charge is 2.50. The molecule has 2 aliphatic carbocycles. The zero-order valence-corrected chi connectivity index (χ0v) is 11.2. The van der Waals surface area contributed by atoms with Crippen molar-refractivity contribution in [1.82, 2.24) is 10.6 Å². The zero-order chi connectivity index (χ0) is 14.2. The standard InChI is InChI=1S/C15H18N2O3/c18-13(19)15(5-6-15)9-17-14(20)16-8-11-7-10-3-1-2-4-12(10)11/h1-4,11H,5-9H2,(H,18,19)(H2,16,17,20). The van der Waals surface area contributed by atoms with Gasteiger partial charge in [0.05, 0.1) is 5.41 Å². The predicted octanol–water partition coefficient (Wildman–Crippen LogP) is 1.49. The van der Waals surface area contributed by atoms with Crippen LogP contribution in [0.5, 0.6) is 0 Å². The highest BCUT2D eigenvalue weighted by atomic mass is 16.4. The van der Waals surface area contributed by atoms with Crippen LogP contribution < -0.4 is 10.6 Å². The van der Waals surface area contributed by atoms with E-state index < -0.39 is 11.4 Å². The molecule has 1 unspecified atom stereocenters. The summed E-state index contributed by atoms with van der Waals surface area (Å²) in [6, 6.07) is 7.95. The van der Waals surface area contributed by atoms with Crippen molar-refractivity contribution in [2.45, 2.75) is 25.2 Å². The van der Waals surface area contributed by atoms with Crippen LogP contribution in [0.15, 0.2) is 24.3 Å². The fourth-order valence-electron chi connectivity index (χ4n) is 2.69. The summed E-state index contributed by atoms with van der Waals surface area (Å²) in [7, 11) is 0. The summed E-state index contributed by atoms with van der Waals surface area (Å²) in [6.45, 7) is 0.818. The van der Waals surface area contributed by atoms with Crippen molar-refractivity contribution >= 4 is 12.0 Å². The molecule has 1 aromatic rings. The topological polar surface area (TPSA) is 78.4 Å². The van der Waals surface area contributed by atoms with E-state index in [4.69, 9.17) is 5.11 Å². The molecule has 0 saturated heterocycles. The summed E-state index contributed by atoms with van der Waals surface area (Å²) in [4.78, 5) is 22.7. The van der Waals surface area contributed by atoms with Crippen LogP contribution in [-0.2, 0) is 11.2 Å². The number of carboxylic acids is 1. The van der Waals surface area contributed by atoms with Crippen molar-refractivity contribution in [3.63, 3.8) is 0 Å². The lowest BCUT2D eigenvalue weighted by atomic mass is 9.78. The van der Waals surface area contributed by atoms with E-state index >= 15 is 0 Å². The molecular formula is C15H18N2O3. The van der Waals surface area contributed by atoms with E-state index in [9.17, 15) is 9.59 Å². The quantitative estimate of drug-likeness (QED) is 0.761. The number of fused-ring (bicyclic) bond motifs is 1. The molecule has 5 heteroatoms. The summed E-state index contributed by atoms with van der Waals surface area (Å²) >= 11 is 0. The van der Waals surface area contributed by atoms with E-state index in [1.54, 1.807) is 0 Å². The molecule has 20 heavy (non-hydrogen) atoms. The second kappa shape index (κ2) is 4.81. The van der Waals surface area contributed by atoms with Gasteiger partial charge in [-0.3, -0.25) is 4.79 Å². The van der Waals surface area contributed by atoms with Gasteiger partial charge in [0, 0.05) is 19.0 Å². The van der Waals surface area contributed by atoms with E-state index in [1.165, 1.54) is 11.1 Å². The molecular weight excluding hydrogens is 256 g/mol. The normalized spacial score (nSPS) is 21.3. The minimum absolute atomic E-state index is 0.218. The van der Waals surface area contributed by atoms with Crippen LogP contribution >= 0.6 is 0 Å². The maximum absolute atomic E-state index is 11.7. The average Bonchev–Trinajstić information content (AvgIpc) is 3.19. The Morgan fingerprint density at radius 2 is 2.00 bits per heavy atom. The average molecular weight is 274 g/mol. The first-order valence-electron chi connectivity index (χ1n) is 6.94. The second-order valence-corrected chi connectivity index (χ2v) is 5.75. The molecule has 3 N–H and O–H groups in total. The molecule has 1 fully saturated rings. The Morgan fingerprint density at radius 1 is 1.25 bits per heavy atom. The first-order chi connectivity index (χ1) is 9.61. The Labute approximate surface area is 117 Å². The van der Waals surface area contributed by atoms with Gasteiger partial charge in [0.1, 0.15) is 0 Å². The van der Waals surface area contributed by atoms with Gasteiger partial charge < -0.3 is 15.7 Å². The molecule has 2 aliphatic rings. The van der Waals surface area contributed by atoms with Gasteiger partial charge in [-0.1, -0.05) is 24.3 Å². The number of nitrogens with one attached hydrogen (secondary N) is 2. The maximum atomic E-state index is 11.7. The maximum Gasteiger partial charge on any atom is 0.314 e. The summed E-state index contributed by atoms with van der Waals surface area (Å²) in [5.41, 5.74) is 1.94. The number of carboxylic acid groups (broad SMARTS) is 1. The molecule has 106 valence electrons. The minimum atomic E-state index is -0.814. The number of rotatable bonds is 5. The summed E-state index contributed by atoms with van der Waals surface area (Å²) < 4.78 is 0. The Balaban J connectivity index is 1.42. The lowest BCUT2D eigenvalue weighted by Gasteiger charge is -2.30. The first-order valence-corrected chi connectivity index (χ1v) is 6.94. The molecule has 1 aromatic carbocycles. The number of carbonyl (C=O) groups is 2. The molecule has 0 spiro atoms. The van der Waals surface area contributed by atoms with E-state index in [2.05, 4.69) is 22.8 Å². The van der Waals surface area contributed by atoms with Crippen LogP contribution in [0.2, 0.25) is 0 Å². The molecule has 0 aromatic heterocycles. The van der Waals surface area contributed by atoms with E-state index in [1.807, 2.05) is 12.1 Å². The number of hydrogen-bond acceptors (Lipinski definition) is 2. The van der Waals surface area contributed by atoms with Crippen molar-refractivity contribution < 1.29 is 14.7 Å². The largest absolute Gasteiger partial charge is 0.481 e. The van der Waals surface area contributed by atoms with Gasteiger partial charge in [0.25, 0.3) is 0 Å². The predicted molar refractivity (Wildman–Crippen MR) is 73.6 cm³/mol. The zero-order valence-electron chi connectivity index (χ0n) is 11.2. The third-order valence-corrected chi connectivity index (χ3v) is 4.36. The van der Waals surface area contributed by atoms with Crippen LogP contribution in [0.3, 0.4) is 0 Å². The summed E-state index contributed by atoms with van der Waals surface area (Å²) in [5.74, 6) is -0.433. The lowest BCUT2D eigenvalue weighted by Crippen LogP contribution is -2.43. The van der Waals surface area contributed by atoms with Crippen molar-refractivity contribution in [2.75, 3.05) is 13.1 Å². The van der Waals surface area contributed by atoms with E-state index in [-0.39, 0.29) is 12.6 Å². The van der Waals surface area contributed by atoms with Crippen LogP contribution in [0.4, 0.5) is 4.79 Å². The van der Waals surface area contributed by atoms with Crippen LogP contribution in [0, 0.1) is 5.41 Å². The highest BCUT2D eigenvalue weighted by Crippen LogP contribution is 2.45. The van der Waals surface area contributed by atoms with E-state index in [0.717, 1.165) is 6.42 Å². The van der Waals surface area contributed by atoms with Gasteiger partial charge in [0.15, 0.2) is 0 Å². The Bertz CT molecular complexity index is 552. The van der Waals surface area contributed by atoms with E-state index in [0.29, 0.717) is 25.3 Å². The number of amides is 2. The second-order valence-electron chi connectivity index (χ2n) is 5.75. The molecule has 1 atom stereocenters. The minimum Gasteiger partial charge on any atom is -0.481 e. The first kappa shape index (κ1) is 13.0. The molecule has 0 radical (unpaired) electrons. The van der Waals surface area contributed by atoms with Crippen LogP contribution in [-0.4, -0.2) is 30.2 Å². The number of urea groups is 1. The Morgan fingerprint density at radius 3 is 2.65 bits per heavy atom. The highest BCUT2D eigenvalue weighted by molar-refractivity contribution is 5.80. The number of benzene rings is 1. The van der Waals surface area contributed by atoms with Crippen molar-refractivity contribution in [3.05, 3.63) is 35.4 Å². The van der Waals surface area contributed by atoms with Gasteiger partial charge in [0.2, 0.25) is 0 Å². The fraction of sp³-hybridized carbons (Fsp3) is 0.467. The van der Waals surface area contributed by atoms with Crippen LogP contribution in [0.1, 0.15) is 29.9 Å².